The van der Waals surface area contributed by atoms with Gasteiger partial charge in [-0.1, -0.05) is 6.08 Å². The van der Waals surface area contributed by atoms with Gasteiger partial charge in [0, 0.05) is 19.5 Å². The van der Waals surface area contributed by atoms with Gasteiger partial charge in [-0.05, 0) is 17.4 Å². The second-order valence-electron chi connectivity index (χ2n) is 7.39. The number of hydrogen-bond donors (Lipinski definition) is 1. The van der Waals surface area contributed by atoms with E-state index in [1.807, 2.05) is 0 Å². The van der Waals surface area contributed by atoms with Crippen molar-refractivity contribution in [3.05, 3.63) is 17.4 Å². The van der Waals surface area contributed by atoms with E-state index >= 15 is 0 Å². The molecule has 0 saturated heterocycles. The fraction of sp³-hybridized carbons (Fsp3) is 0.688. The average Bonchev–Trinajstić information content (AvgIpc) is 2.74. The first kappa shape index (κ1) is 38.8. The number of nitrogens with zero attached hydrogens (tertiary/aromatic N) is 3. The SMILES string of the molecule is C=CCN(CCC(F)(F)C(F)(F)C(F)(F)C(F)(F)C(F)(F)C(F)(F)C(F)(F)C(F)(F)F)c1nc(=S)nc([S-])[nH]1.[Na+]. The minimum Gasteiger partial charge on any atom is -0.742 e. The van der Waals surface area contributed by atoms with Gasteiger partial charge in [-0.15, -0.1) is 6.58 Å². The molecule has 0 unspecified atom stereocenters. The van der Waals surface area contributed by atoms with Gasteiger partial charge in [0.15, 0.2) is 0 Å². The zero-order valence-electron chi connectivity index (χ0n) is 19.0. The fourth-order valence-corrected chi connectivity index (χ4v) is 2.99. The molecule has 0 aliphatic heterocycles. The molecular formula is C16H10F17N4NaS2. The Balaban J connectivity index is 0.0000152. The molecule has 1 heterocycles. The summed E-state index contributed by atoms with van der Waals surface area (Å²) in [6.45, 7) is 0.851. The number of H-pyrrole nitrogens is 1. The molecule has 0 spiro atoms. The van der Waals surface area contributed by atoms with Crippen LogP contribution >= 0.6 is 12.2 Å². The van der Waals surface area contributed by atoms with Gasteiger partial charge < -0.3 is 22.5 Å². The summed E-state index contributed by atoms with van der Waals surface area (Å²) in [4.78, 5) is 9.30. The Hall–Kier alpha value is -1.20. The van der Waals surface area contributed by atoms with Crippen molar-refractivity contribution in [3.63, 3.8) is 0 Å². The molecular weight excluding hydrogens is 658 g/mol. The van der Waals surface area contributed by atoms with Crippen LogP contribution < -0.4 is 34.5 Å². The molecule has 1 N–H and O–H groups in total. The van der Waals surface area contributed by atoms with Crippen LogP contribution in [-0.4, -0.2) is 75.7 Å². The number of alkyl halides is 17. The van der Waals surface area contributed by atoms with Crippen LogP contribution in [0.15, 0.2) is 17.8 Å². The molecule has 226 valence electrons. The van der Waals surface area contributed by atoms with Crippen molar-refractivity contribution in [2.45, 2.75) is 59.2 Å². The minimum atomic E-state index is -8.67. The molecule has 0 aromatic carbocycles. The summed E-state index contributed by atoms with van der Waals surface area (Å²) in [5, 5.41) is -0.485. The first-order valence-corrected chi connectivity index (χ1v) is 10.1. The van der Waals surface area contributed by atoms with Gasteiger partial charge in [0.1, 0.15) is 0 Å². The normalized spacial score (nSPS) is 14.5. The van der Waals surface area contributed by atoms with Crippen molar-refractivity contribution in [3.8, 4) is 0 Å². The summed E-state index contributed by atoms with van der Waals surface area (Å²) in [5.74, 6) is -57.4. The van der Waals surface area contributed by atoms with Crippen LogP contribution in [0.5, 0.6) is 0 Å². The fourth-order valence-electron chi connectivity index (χ4n) is 2.57. The third-order valence-corrected chi connectivity index (χ3v) is 5.13. The van der Waals surface area contributed by atoms with Gasteiger partial charge in [-0.25, -0.2) is 4.98 Å². The topological polar surface area (TPSA) is 44.8 Å². The molecule has 40 heavy (non-hydrogen) atoms. The first-order chi connectivity index (χ1) is 17.1. The van der Waals surface area contributed by atoms with Crippen LogP contribution in [0.4, 0.5) is 80.6 Å². The summed E-state index contributed by atoms with van der Waals surface area (Å²) in [6.07, 6.45) is -9.64. The Labute approximate surface area is 244 Å². The summed E-state index contributed by atoms with van der Waals surface area (Å²) < 4.78 is 227. The van der Waals surface area contributed by atoms with Crippen molar-refractivity contribution in [2.24, 2.45) is 0 Å². The van der Waals surface area contributed by atoms with Crippen molar-refractivity contribution in [1.82, 2.24) is 15.0 Å². The number of rotatable bonds is 12. The van der Waals surface area contributed by atoms with Gasteiger partial charge in [0.2, 0.25) is 10.7 Å². The Bertz CT molecular complexity index is 1110. The van der Waals surface area contributed by atoms with Crippen LogP contribution in [0.25, 0.3) is 0 Å². The molecule has 1 aromatic rings. The summed E-state index contributed by atoms with van der Waals surface area (Å²) >= 11 is 9.12. The summed E-state index contributed by atoms with van der Waals surface area (Å²) in [6, 6.07) is 0. The summed E-state index contributed by atoms with van der Waals surface area (Å²) in [7, 11) is 0. The van der Waals surface area contributed by atoms with Gasteiger partial charge in [-0.3, -0.25) is 0 Å². The average molecular weight is 668 g/mol. The monoisotopic (exact) mass is 668 g/mol. The van der Waals surface area contributed by atoms with E-state index in [9.17, 15) is 74.6 Å². The molecule has 1 rings (SSSR count). The Kier molecular flexibility index (Phi) is 11.5. The van der Waals surface area contributed by atoms with Crippen molar-refractivity contribution >= 4 is 30.8 Å². The summed E-state index contributed by atoms with van der Waals surface area (Å²) in [5.41, 5.74) is 0. The van der Waals surface area contributed by atoms with Crippen LogP contribution in [0.2, 0.25) is 0 Å². The largest absolute Gasteiger partial charge is 1.00 e. The van der Waals surface area contributed by atoms with E-state index in [-0.39, 0.29) is 29.6 Å². The molecule has 24 heteroatoms. The van der Waals surface area contributed by atoms with Gasteiger partial charge in [0.25, 0.3) is 0 Å². The Morgan fingerprint density at radius 2 is 1.12 bits per heavy atom. The second kappa shape index (κ2) is 11.8. The van der Waals surface area contributed by atoms with Crippen LogP contribution in [0.3, 0.4) is 0 Å². The second-order valence-corrected chi connectivity index (χ2v) is 8.15. The van der Waals surface area contributed by atoms with Gasteiger partial charge in [0.05, 0.1) is 0 Å². The Morgan fingerprint density at radius 1 is 0.725 bits per heavy atom. The quantitative estimate of drug-likeness (QED) is 0.121. The molecule has 0 atom stereocenters. The third-order valence-electron chi connectivity index (χ3n) is 4.75. The maximum atomic E-state index is 14.1. The molecule has 0 fully saturated rings. The van der Waals surface area contributed by atoms with Crippen molar-refractivity contribution < 1.29 is 104 Å². The number of aromatic amines is 1. The maximum Gasteiger partial charge on any atom is 1.00 e. The van der Waals surface area contributed by atoms with E-state index in [1.54, 1.807) is 0 Å². The third kappa shape index (κ3) is 6.26. The molecule has 0 bridgehead atoms. The van der Waals surface area contributed by atoms with Gasteiger partial charge >= 0.3 is 77.2 Å². The van der Waals surface area contributed by atoms with Crippen LogP contribution in [0, 0.1) is 4.77 Å². The minimum absolute atomic E-state index is 0. The molecule has 0 radical (unpaired) electrons. The van der Waals surface area contributed by atoms with E-state index < -0.39 is 83.0 Å². The van der Waals surface area contributed by atoms with Crippen LogP contribution in [0.1, 0.15) is 6.42 Å². The van der Waals surface area contributed by atoms with E-state index in [0.29, 0.717) is 4.90 Å². The smallest absolute Gasteiger partial charge is 0.742 e. The number of anilines is 1. The molecule has 1 aromatic heterocycles. The predicted octanol–water partition coefficient (Wildman–Crippen LogP) is 3.84. The zero-order chi connectivity index (χ0) is 31.3. The van der Waals surface area contributed by atoms with E-state index in [2.05, 4.69) is 46.4 Å². The predicted molar refractivity (Wildman–Crippen MR) is 101 cm³/mol. The maximum absolute atomic E-state index is 14.1. The van der Waals surface area contributed by atoms with Crippen molar-refractivity contribution in [2.75, 3.05) is 18.0 Å². The molecule has 0 amide bonds. The van der Waals surface area contributed by atoms with E-state index in [0.717, 1.165) is 6.08 Å². The molecule has 0 aliphatic carbocycles. The molecule has 4 nitrogen and oxygen atoms in total. The number of nitrogens with one attached hydrogen (secondary N) is 1. The van der Waals surface area contributed by atoms with Crippen LogP contribution in [-0.2, 0) is 12.6 Å². The first-order valence-electron chi connectivity index (χ1n) is 9.29. The number of aromatic nitrogens is 3. The Morgan fingerprint density at radius 3 is 1.50 bits per heavy atom. The molecule has 0 aliphatic rings. The van der Waals surface area contributed by atoms with Crippen molar-refractivity contribution in [1.29, 1.82) is 0 Å². The number of hydrogen-bond acceptors (Lipinski definition) is 5. The zero-order valence-corrected chi connectivity index (χ0v) is 22.6. The van der Waals surface area contributed by atoms with E-state index in [1.165, 1.54) is 0 Å². The molecule has 0 saturated carbocycles. The van der Waals surface area contributed by atoms with Gasteiger partial charge in [-0.2, -0.15) is 79.6 Å². The number of halogens is 17. The van der Waals surface area contributed by atoms with E-state index in [4.69, 9.17) is 0 Å². The standard InChI is InChI=1S/C16H11F17N4S2.Na/c1-2-4-37(6-34-7(38)36-8(39)35-6)5-3-9(17,18)10(19,20)11(21,22)12(23,24)13(25,26)14(27,28)15(29,30)16(31,32)33;/h2H,1,3-5H2,(H2,34,35,36,38,39);/q;+1/p-1.